The summed E-state index contributed by atoms with van der Waals surface area (Å²) in [5.74, 6) is -0.153. The summed E-state index contributed by atoms with van der Waals surface area (Å²) < 4.78 is 16.4. The van der Waals surface area contributed by atoms with Gasteiger partial charge in [-0.25, -0.2) is 0 Å². The second-order valence-corrected chi connectivity index (χ2v) is 5.76. The van der Waals surface area contributed by atoms with Gasteiger partial charge >= 0.3 is 5.97 Å². The fourth-order valence-corrected chi connectivity index (χ4v) is 2.93. The highest BCUT2D eigenvalue weighted by Gasteiger charge is 2.28. The van der Waals surface area contributed by atoms with Crippen molar-refractivity contribution in [3.63, 3.8) is 0 Å². The lowest BCUT2D eigenvalue weighted by molar-refractivity contribution is -0.147. The summed E-state index contributed by atoms with van der Waals surface area (Å²) in [6.45, 7) is 5.29. The predicted molar refractivity (Wildman–Crippen MR) is 75.6 cm³/mol. The van der Waals surface area contributed by atoms with Crippen LogP contribution in [0.2, 0.25) is 0 Å². The minimum Gasteiger partial charge on any atom is -0.468 e. The fourth-order valence-electron chi connectivity index (χ4n) is 2.93. The third-order valence-electron chi connectivity index (χ3n) is 4.36. The Labute approximate surface area is 121 Å². The number of methoxy groups -OCH3 is 1. The van der Waals surface area contributed by atoms with Crippen LogP contribution in [0.4, 0.5) is 0 Å². The zero-order valence-corrected chi connectivity index (χ0v) is 12.7. The molecule has 2 saturated heterocycles. The van der Waals surface area contributed by atoms with Gasteiger partial charge in [-0.3, -0.25) is 9.69 Å². The Morgan fingerprint density at radius 2 is 2.05 bits per heavy atom. The lowest BCUT2D eigenvalue weighted by Crippen LogP contribution is -2.46. The number of carbonyl (C=O) groups is 1. The van der Waals surface area contributed by atoms with E-state index >= 15 is 0 Å². The van der Waals surface area contributed by atoms with Crippen LogP contribution in [0.3, 0.4) is 0 Å². The molecular weight excluding hydrogens is 258 g/mol. The summed E-state index contributed by atoms with van der Waals surface area (Å²) in [5.41, 5.74) is 0. The molecule has 2 aliphatic heterocycles. The van der Waals surface area contributed by atoms with Gasteiger partial charge < -0.3 is 14.2 Å². The van der Waals surface area contributed by atoms with Crippen LogP contribution in [0.5, 0.6) is 0 Å². The molecule has 5 heteroatoms. The Hall–Kier alpha value is -0.650. The molecule has 20 heavy (non-hydrogen) atoms. The Morgan fingerprint density at radius 3 is 2.65 bits per heavy atom. The predicted octanol–water partition coefficient (Wildman–Crippen LogP) is 1.60. The molecule has 0 saturated carbocycles. The van der Waals surface area contributed by atoms with E-state index in [0.29, 0.717) is 6.10 Å². The average molecular weight is 285 g/mol. The standard InChI is InChI=1S/C15H27NO4/c1-12(15(17)18-2)16-8-6-13(7-9-16)20-11-14-5-3-4-10-19-14/h12-14H,3-11H2,1-2H3/t12-,14-/m1/s1. The summed E-state index contributed by atoms with van der Waals surface area (Å²) in [4.78, 5) is 13.7. The Balaban J connectivity index is 1.65. The highest BCUT2D eigenvalue weighted by Crippen LogP contribution is 2.19. The summed E-state index contributed by atoms with van der Waals surface area (Å²) in [6.07, 6.45) is 6.11. The number of nitrogens with zero attached hydrogens (tertiary/aromatic N) is 1. The first-order chi connectivity index (χ1) is 9.70. The molecule has 0 amide bonds. The minimum atomic E-state index is -0.153. The van der Waals surface area contributed by atoms with Crippen LogP contribution < -0.4 is 0 Å². The molecule has 0 aromatic carbocycles. The van der Waals surface area contributed by atoms with Crippen molar-refractivity contribution in [1.82, 2.24) is 4.90 Å². The second-order valence-electron chi connectivity index (χ2n) is 5.76. The first-order valence-corrected chi connectivity index (χ1v) is 7.75. The Kier molecular flexibility index (Phi) is 6.26. The maximum absolute atomic E-state index is 11.5. The van der Waals surface area contributed by atoms with Crippen LogP contribution in [0.15, 0.2) is 0 Å². The molecule has 0 N–H and O–H groups in total. The first-order valence-electron chi connectivity index (χ1n) is 7.75. The van der Waals surface area contributed by atoms with E-state index in [1.807, 2.05) is 6.92 Å². The van der Waals surface area contributed by atoms with Crippen LogP contribution in [0.1, 0.15) is 39.0 Å². The summed E-state index contributed by atoms with van der Waals surface area (Å²) in [5, 5.41) is 0. The van der Waals surface area contributed by atoms with Gasteiger partial charge in [0.25, 0.3) is 0 Å². The molecule has 0 spiro atoms. The molecule has 116 valence electrons. The SMILES string of the molecule is COC(=O)[C@@H](C)N1CCC(OC[C@H]2CCCCO2)CC1. The summed E-state index contributed by atoms with van der Waals surface area (Å²) >= 11 is 0. The zero-order valence-electron chi connectivity index (χ0n) is 12.7. The van der Waals surface area contributed by atoms with E-state index in [1.54, 1.807) is 0 Å². The van der Waals surface area contributed by atoms with Crippen molar-refractivity contribution in [2.45, 2.75) is 57.3 Å². The number of rotatable bonds is 5. The first kappa shape index (κ1) is 15.7. The molecule has 0 aliphatic carbocycles. The maximum atomic E-state index is 11.5. The summed E-state index contributed by atoms with van der Waals surface area (Å²) in [7, 11) is 1.44. The molecule has 2 rings (SSSR count). The second kappa shape index (κ2) is 7.96. The van der Waals surface area contributed by atoms with Gasteiger partial charge in [-0.05, 0) is 39.0 Å². The molecule has 0 radical (unpaired) electrons. The molecule has 0 aromatic heterocycles. The van der Waals surface area contributed by atoms with Crippen LogP contribution in [0, 0.1) is 0 Å². The van der Waals surface area contributed by atoms with Crippen molar-refractivity contribution >= 4 is 5.97 Å². The number of likely N-dealkylation sites (tertiary alicyclic amines) is 1. The van der Waals surface area contributed by atoms with Gasteiger partial charge in [0.05, 0.1) is 25.9 Å². The van der Waals surface area contributed by atoms with Crippen molar-refractivity contribution < 1.29 is 19.0 Å². The molecule has 2 aliphatic rings. The van der Waals surface area contributed by atoms with Crippen molar-refractivity contribution in [2.24, 2.45) is 0 Å². The van der Waals surface area contributed by atoms with E-state index in [0.717, 1.165) is 45.6 Å². The third-order valence-corrected chi connectivity index (χ3v) is 4.36. The molecule has 2 heterocycles. The van der Waals surface area contributed by atoms with Gasteiger partial charge in [0.1, 0.15) is 6.04 Å². The van der Waals surface area contributed by atoms with Crippen molar-refractivity contribution in [2.75, 3.05) is 33.4 Å². The summed E-state index contributed by atoms with van der Waals surface area (Å²) in [6, 6.07) is -0.150. The van der Waals surface area contributed by atoms with Crippen molar-refractivity contribution in [3.05, 3.63) is 0 Å². The number of esters is 1. The number of hydrogen-bond acceptors (Lipinski definition) is 5. The van der Waals surface area contributed by atoms with Crippen LogP contribution >= 0.6 is 0 Å². The van der Waals surface area contributed by atoms with Crippen molar-refractivity contribution in [1.29, 1.82) is 0 Å². The molecule has 0 unspecified atom stereocenters. The molecule has 0 aromatic rings. The van der Waals surface area contributed by atoms with E-state index in [1.165, 1.54) is 20.0 Å². The van der Waals surface area contributed by atoms with Gasteiger partial charge in [0, 0.05) is 19.7 Å². The monoisotopic (exact) mass is 285 g/mol. The number of hydrogen-bond donors (Lipinski definition) is 0. The van der Waals surface area contributed by atoms with Crippen LogP contribution in [-0.2, 0) is 19.0 Å². The fraction of sp³-hybridized carbons (Fsp3) is 0.933. The smallest absolute Gasteiger partial charge is 0.322 e. The molecule has 5 nitrogen and oxygen atoms in total. The van der Waals surface area contributed by atoms with Crippen LogP contribution in [-0.4, -0.2) is 62.5 Å². The highest BCUT2D eigenvalue weighted by molar-refractivity contribution is 5.75. The molecule has 0 bridgehead atoms. The number of carbonyl (C=O) groups excluding carboxylic acids is 1. The van der Waals surface area contributed by atoms with Crippen molar-refractivity contribution in [3.8, 4) is 0 Å². The number of ether oxygens (including phenoxy) is 3. The van der Waals surface area contributed by atoms with Gasteiger partial charge in [-0.2, -0.15) is 0 Å². The lowest BCUT2D eigenvalue weighted by Gasteiger charge is -2.35. The Bertz CT molecular complexity index is 296. The molecular formula is C15H27NO4. The van der Waals surface area contributed by atoms with E-state index < -0.39 is 0 Å². The quantitative estimate of drug-likeness (QED) is 0.718. The third kappa shape index (κ3) is 4.43. The Morgan fingerprint density at radius 1 is 1.30 bits per heavy atom. The highest BCUT2D eigenvalue weighted by atomic mass is 16.5. The largest absolute Gasteiger partial charge is 0.468 e. The topological polar surface area (TPSA) is 48.0 Å². The van der Waals surface area contributed by atoms with E-state index in [4.69, 9.17) is 14.2 Å². The number of piperidine rings is 1. The van der Waals surface area contributed by atoms with Gasteiger partial charge in [0.15, 0.2) is 0 Å². The van der Waals surface area contributed by atoms with E-state index in [2.05, 4.69) is 4.90 Å². The van der Waals surface area contributed by atoms with Crippen LogP contribution in [0.25, 0.3) is 0 Å². The zero-order chi connectivity index (χ0) is 14.4. The average Bonchev–Trinajstić information content (AvgIpc) is 2.53. The lowest BCUT2D eigenvalue weighted by atomic mass is 10.1. The van der Waals surface area contributed by atoms with E-state index in [9.17, 15) is 4.79 Å². The van der Waals surface area contributed by atoms with E-state index in [-0.39, 0.29) is 18.1 Å². The van der Waals surface area contributed by atoms with Gasteiger partial charge in [-0.15, -0.1) is 0 Å². The molecule has 2 fully saturated rings. The molecule has 2 atom stereocenters. The van der Waals surface area contributed by atoms with Gasteiger partial charge in [0.2, 0.25) is 0 Å². The maximum Gasteiger partial charge on any atom is 0.322 e. The normalized spacial score (nSPS) is 27.2. The minimum absolute atomic E-state index is 0.150. The van der Waals surface area contributed by atoms with Gasteiger partial charge in [-0.1, -0.05) is 0 Å².